The maximum atomic E-state index is 11.4. The predicted molar refractivity (Wildman–Crippen MR) is 60.1 cm³/mol. The summed E-state index contributed by atoms with van der Waals surface area (Å²) < 4.78 is 16.2. The van der Waals surface area contributed by atoms with Gasteiger partial charge in [-0.05, 0) is 32.0 Å². The number of ether oxygens (including phenoxy) is 3. The maximum absolute atomic E-state index is 11.4. The van der Waals surface area contributed by atoms with E-state index in [0.29, 0.717) is 5.56 Å². The van der Waals surface area contributed by atoms with Crippen LogP contribution in [0.1, 0.15) is 35.9 Å². The summed E-state index contributed by atoms with van der Waals surface area (Å²) in [6.45, 7) is 4.02. The van der Waals surface area contributed by atoms with Crippen molar-refractivity contribution in [1.82, 2.24) is 0 Å². The van der Waals surface area contributed by atoms with Gasteiger partial charge in [0.25, 0.3) is 0 Å². The molecule has 2 heterocycles. The number of hydrogen-bond donors (Lipinski definition) is 0. The standard InChI is InChI=1S/C13H14O4/c1-13(2)11-10(16-11)8-6-7(12(14)15-3)4-5-9(8)17-13/h4-6,10-11H,1-3H3/t10-,11+/m0/s1. The molecule has 2 aliphatic heterocycles. The molecule has 2 aliphatic rings. The van der Waals surface area contributed by atoms with Gasteiger partial charge in [-0.1, -0.05) is 0 Å². The molecule has 0 amide bonds. The molecular formula is C13H14O4. The van der Waals surface area contributed by atoms with Crippen molar-refractivity contribution in [2.24, 2.45) is 0 Å². The minimum Gasteiger partial charge on any atom is -0.485 e. The molecule has 0 bridgehead atoms. The lowest BCUT2D eigenvalue weighted by atomic mass is 9.93. The van der Waals surface area contributed by atoms with Gasteiger partial charge in [-0.3, -0.25) is 0 Å². The smallest absolute Gasteiger partial charge is 0.337 e. The van der Waals surface area contributed by atoms with Crippen molar-refractivity contribution in [2.75, 3.05) is 7.11 Å². The number of epoxide rings is 1. The van der Waals surface area contributed by atoms with Crippen molar-refractivity contribution in [2.45, 2.75) is 31.7 Å². The fraction of sp³-hybridized carbons (Fsp3) is 0.462. The van der Waals surface area contributed by atoms with Gasteiger partial charge in [-0.15, -0.1) is 0 Å². The van der Waals surface area contributed by atoms with Gasteiger partial charge in [0, 0.05) is 5.56 Å². The number of hydrogen-bond acceptors (Lipinski definition) is 4. The van der Waals surface area contributed by atoms with Gasteiger partial charge in [0.15, 0.2) is 0 Å². The van der Waals surface area contributed by atoms with Gasteiger partial charge in [-0.25, -0.2) is 4.79 Å². The van der Waals surface area contributed by atoms with E-state index in [1.54, 1.807) is 18.2 Å². The summed E-state index contributed by atoms with van der Waals surface area (Å²) in [6.07, 6.45) is 0.140. The predicted octanol–water partition coefficient (Wildman–Crippen LogP) is 2.08. The van der Waals surface area contributed by atoms with Gasteiger partial charge in [0.05, 0.1) is 12.7 Å². The molecule has 1 aromatic carbocycles. The number of rotatable bonds is 1. The number of fused-ring (bicyclic) bond motifs is 3. The van der Waals surface area contributed by atoms with Crippen molar-refractivity contribution >= 4 is 5.97 Å². The first-order valence-corrected chi connectivity index (χ1v) is 5.59. The van der Waals surface area contributed by atoms with Crippen LogP contribution in [-0.4, -0.2) is 24.8 Å². The molecule has 90 valence electrons. The molecule has 4 heteroatoms. The Morgan fingerprint density at radius 3 is 2.88 bits per heavy atom. The fourth-order valence-corrected chi connectivity index (χ4v) is 2.33. The summed E-state index contributed by atoms with van der Waals surface area (Å²) in [4.78, 5) is 11.4. The molecule has 0 aliphatic carbocycles. The van der Waals surface area contributed by atoms with E-state index in [9.17, 15) is 4.79 Å². The Morgan fingerprint density at radius 1 is 1.41 bits per heavy atom. The van der Waals surface area contributed by atoms with E-state index in [0.717, 1.165) is 11.3 Å². The van der Waals surface area contributed by atoms with E-state index in [1.807, 2.05) is 13.8 Å². The third kappa shape index (κ3) is 1.52. The van der Waals surface area contributed by atoms with E-state index >= 15 is 0 Å². The summed E-state index contributed by atoms with van der Waals surface area (Å²) in [6, 6.07) is 5.31. The monoisotopic (exact) mass is 234 g/mol. The first kappa shape index (κ1) is 10.6. The molecule has 2 atom stereocenters. The Kier molecular flexibility index (Phi) is 2.01. The van der Waals surface area contributed by atoms with Crippen LogP contribution in [0.3, 0.4) is 0 Å². The van der Waals surface area contributed by atoms with Gasteiger partial charge < -0.3 is 14.2 Å². The lowest BCUT2D eigenvalue weighted by Crippen LogP contribution is -2.37. The third-order valence-corrected chi connectivity index (χ3v) is 3.29. The van der Waals surface area contributed by atoms with Crippen molar-refractivity contribution in [1.29, 1.82) is 0 Å². The second-order valence-electron chi connectivity index (χ2n) is 4.93. The van der Waals surface area contributed by atoms with Gasteiger partial charge in [0.2, 0.25) is 0 Å². The van der Waals surface area contributed by atoms with E-state index in [1.165, 1.54) is 7.11 Å². The highest BCUT2D eigenvalue weighted by Crippen LogP contribution is 2.53. The van der Waals surface area contributed by atoms with E-state index in [-0.39, 0.29) is 23.8 Å². The van der Waals surface area contributed by atoms with Crippen LogP contribution in [0.25, 0.3) is 0 Å². The molecule has 0 aromatic heterocycles. The number of carbonyl (C=O) groups is 1. The zero-order chi connectivity index (χ0) is 12.2. The van der Waals surface area contributed by atoms with E-state index < -0.39 is 0 Å². The molecular weight excluding hydrogens is 220 g/mol. The number of carbonyl (C=O) groups excluding carboxylic acids is 1. The zero-order valence-corrected chi connectivity index (χ0v) is 10.0. The Hall–Kier alpha value is -1.55. The topological polar surface area (TPSA) is 48.1 Å². The van der Waals surface area contributed by atoms with Gasteiger partial charge >= 0.3 is 5.97 Å². The van der Waals surface area contributed by atoms with Crippen LogP contribution in [0.5, 0.6) is 5.75 Å². The first-order chi connectivity index (χ1) is 8.03. The molecule has 1 saturated heterocycles. The Bertz CT molecular complexity index is 492. The van der Waals surface area contributed by atoms with Gasteiger partial charge in [-0.2, -0.15) is 0 Å². The molecule has 1 aromatic rings. The van der Waals surface area contributed by atoms with Crippen molar-refractivity contribution < 1.29 is 19.0 Å². The normalized spacial score (nSPS) is 27.5. The third-order valence-electron chi connectivity index (χ3n) is 3.29. The van der Waals surface area contributed by atoms with Gasteiger partial charge in [0.1, 0.15) is 23.6 Å². The van der Waals surface area contributed by atoms with Crippen LogP contribution in [0.2, 0.25) is 0 Å². The largest absolute Gasteiger partial charge is 0.485 e. The highest BCUT2D eigenvalue weighted by molar-refractivity contribution is 5.89. The Balaban J connectivity index is 2.01. The van der Waals surface area contributed by atoms with Crippen molar-refractivity contribution in [3.63, 3.8) is 0 Å². The molecule has 0 spiro atoms. The van der Waals surface area contributed by atoms with E-state index in [4.69, 9.17) is 14.2 Å². The van der Waals surface area contributed by atoms with Crippen LogP contribution < -0.4 is 4.74 Å². The second kappa shape index (κ2) is 3.23. The van der Waals surface area contributed by atoms with Crippen LogP contribution in [0.4, 0.5) is 0 Å². The zero-order valence-electron chi connectivity index (χ0n) is 10.0. The molecule has 1 fully saturated rings. The highest BCUT2D eigenvalue weighted by atomic mass is 16.6. The fourth-order valence-electron chi connectivity index (χ4n) is 2.33. The number of esters is 1. The van der Waals surface area contributed by atoms with Crippen LogP contribution >= 0.6 is 0 Å². The molecule has 4 nitrogen and oxygen atoms in total. The maximum Gasteiger partial charge on any atom is 0.337 e. The van der Waals surface area contributed by atoms with Crippen LogP contribution in [0.15, 0.2) is 18.2 Å². The minimum absolute atomic E-state index is 0.0540. The first-order valence-electron chi connectivity index (χ1n) is 5.59. The average Bonchev–Trinajstić information content (AvgIpc) is 3.08. The molecule has 17 heavy (non-hydrogen) atoms. The van der Waals surface area contributed by atoms with Crippen molar-refractivity contribution in [3.8, 4) is 5.75 Å². The Labute approximate surface area is 99.5 Å². The SMILES string of the molecule is COC(=O)c1ccc2c(c1)[C@@H]1O[C@H]1C(C)(C)O2. The molecule has 0 N–H and O–H groups in total. The summed E-state index contributed by atoms with van der Waals surface area (Å²) in [5.74, 6) is 0.455. The lowest BCUT2D eigenvalue weighted by molar-refractivity contribution is 0.0599. The molecule has 0 unspecified atom stereocenters. The highest BCUT2D eigenvalue weighted by Gasteiger charge is 2.56. The number of methoxy groups -OCH3 is 1. The summed E-state index contributed by atoms with van der Waals surface area (Å²) in [7, 11) is 1.37. The quantitative estimate of drug-likeness (QED) is 0.551. The minimum atomic E-state index is -0.338. The summed E-state index contributed by atoms with van der Waals surface area (Å²) >= 11 is 0. The second-order valence-corrected chi connectivity index (χ2v) is 4.93. The lowest BCUT2D eigenvalue weighted by Gasteiger charge is -2.29. The molecule has 3 rings (SSSR count). The summed E-state index contributed by atoms with van der Waals surface area (Å²) in [5.41, 5.74) is 1.17. The Morgan fingerprint density at radius 2 is 2.18 bits per heavy atom. The van der Waals surface area contributed by atoms with E-state index in [2.05, 4.69) is 0 Å². The van der Waals surface area contributed by atoms with Crippen LogP contribution in [-0.2, 0) is 9.47 Å². The van der Waals surface area contributed by atoms with Crippen molar-refractivity contribution in [3.05, 3.63) is 29.3 Å². The van der Waals surface area contributed by atoms with Crippen LogP contribution in [0, 0.1) is 0 Å². The number of benzene rings is 1. The molecule has 0 radical (unpaired) electrons. The summed E-state index contributed by atoms with van der Waals surface area (Å²) in [5, 5.41) is 0. The molecule has 0 saturated carbocycles. The average molecular weight is 234 g/mol.